The van der Waals surface area contributed by atoms with Gasteiger partial charge in [-0.25, -0.2) is 4.79 Å². The average molecular weight is 309 g/mol. The van der Waals surface area contributed by atoms with Gasteiger partial charge in [0.15, 0.2) is 0 Å². The van der Waals surface area contributed by atoms with Gasteiger partial charge in [0.05, 0.1) is 19.2 Å². The summed E-state index contributed by atoms with van der Waals surface area (Å²) >= 11 is 5.64. The van der Waals surface area contributed by atoms with Gasteiger partial charge in [0, 0.05) is 17.0 Å². The zero-order valence-corrected chi connectivity index (χ0v) is 11.4. The SMILES string of the molecule is C=C/C(=C(\C(=C)Cl)C(=O)OC)C1(C(F)(F)F)CCN=N1. The monoisotopic (exact) mass is 308 g/mol. The fourth-order valence-electron chi connectivity index (χ4n) is 1.92. The van der Waals surface area contributed by atoms with Crippen LogP contribution in [0.1, 0.15) is 6.42 Å². The van der Waals surface area contributed by atoms with E-state index in [2.05, 4.69) is 28.1 Å². The molecule has 8 heteroatoms. The first-order chi connectivity index (χ1) is 9.21. The summed E-state index contributed by atoms with van der Waals surface area (Å²) in [5.41, 5.74) is -3.64. The van der Waals surface area contributed by atoms with Gasteiger partial charge in [0.2, 0.25) is 5.54 Å². The lowest BCUT2D eigenvalue weighted by Gasteiger charge is -2.29. The highest BCUT2D eigenvalue weighted by Crippen LogP contribution is 2.47. The number of azo groups is 1. The van der Waals surface area contributed by atoms with Crippen LogP contribution in [0, 0.1) is 0 Å². The van der Waals surface area contributed by atoms with Gasteiger partial charge >= 0.3 is 12.1 Å². The molecule has 4 nitrogen and oxygen atoms in total. The van der Waals surface area contributed by atoms with E-state index in [1.807, 2.05) is 0 Å². The largest absolute Gasteiger partial charge is 0.465 e. The van der Waals surface area contributed by atoms with Gasteiger partial charge in [-0.15, -0.1) is 0 Å². The Morgan fingerprint density at radius 1 is 1.50 bits per heavy atom. The van der Waals surface area contributed by atoms with Crippen LogP contribution in [0.4, 0.5) is 13.2 Å². The maximum atomic E-state index is 13.4. The number of carbonyl (C=O) groups is 1. The number of nitrogens with zero attached hydrogens (tertiary/aromatic N) is 2. The minimum Gasteiger partial charge on any atom is -0.465 e. The normalized spacial score (nSPS) is 23.2. The molecule has 0 saturated carbocycles. The van der Waals surface area contributed by atoms with E-state index in [0.29, 0.717) is 0 Å². The number of hydrogen-bond acceptors (Lipinski definition) is 4. The molecule has 1 atom stereocenters. The molecule has 0 amide bonds. The molecule has 1 aliphatic rings. The Hall–Kier alpha value is -1.63. The van der Waals surface area contributed by atoms with Crippen LogP contribution in [0.25, 0.3) is 0 Å². The van der Waals surface area contributed by atoms with Gasteiger partial charge in [-0.3, -0.25) is 0 Å². The zero-order chi connectivity index (χ0) is 15.6. The number of halogens is 4. The summed E-state index contributed by atoms with van der Waals surface area (Å²) in [6.07, 6.45) is -4.29. The maximum absolute atomic E-state index is 13.4. The highest BCUT2D eigenvalue weighted by atomic mass is 35.5. The molecule has 0 aromatic rings. The second-order valence-corrected chi connectivity index (χ2v) is 4.42. The van der Waals surface area contributed by atoms with Crippen LogP contribution >= 0.6 is 11.6 Å². The summed E-state index contributed by atoms with van der Waals surface area (Å²) in [7, 11) is 1.03. The van der Waals surface area contributed by atoms with Crippen LogP contribution in [-0.4, -0.2) is 31.3 Å². The van der Waals surface area contributed by atoms with E-state index in [0.717, 1.165) is 13.2 Å². The predicted molar refractivity (Wildman–Crippen MR) is 67.4 cm³/mol. The molecule has 0 aromatic carbocycles. The predicted octanol–water partition coefficient (Wildman–Crippen LogP) is 3.55. The molecule has 1 aliphatic heterocycles. The minimum atomic E-state index is -4.75. The van der Waals surface area contributed by atoms with Gasteiger partial charge in [-0.05, 0) is 0 Å². The maximum Gasteiger partial charge on any atom is 0.419 e. The Balaban J connectivity index is 3.63. The second kappa shape index (κ2) is 5.78. The van der Waals surface area contributed by atoms with Crippen molar-refractivity contribution in [2.45, 2.75) is 18.1 Å². The number of esters is 1. The van der Waals surface area contributed by atoms with Crippen molar-refractivity contribution in [1.82, 2.24) is 0 Å². The molecule has 1 unspecified atom stereocenters. The van der Waals surface area contributed by atoms with Gasteiger partial charge in [0.1, 0.15) is 0 Å². The third kappa shape index (κ3) is 2.63. The first kappa shape index (κ1) is 16.4. The molecule has 0 bridgehead atoms. The van der Waals surface area contributed by atoms with E-state index < -0.39 is 35.3 Å². The van der Waals surface area contributed by atoms with Crippen molar-refractivity contribution in [3.8, 4) is 0 Å². The highest BCUT2D eigenvalue weighted by molar-refractivity contribution is 6.34. The van der Waals surface area contributed by atoms with Crippen LogP contribution in [-0.2, 0) is 9.53 Å². The number of hydrogen-bond donors (Lipinski definition) is 0. The summed E-state index contributed by atoms with van der Waals surface area (Å²) in [5, 5.41) is 6.31. The Bertz CT molecular complexity index is 511. The molecule has 0 aromatic heterocycles. The fraction of sp³-hybridized carbons (Fsp3) is 0.417. The summed E-state index contributed by atoms with van der Waals surface area (Å²) in [6.45, 7) is 6.50. The Morgan fingerprint density at radius 3 is 2.40 bits per heavy atom. The first-order valence-electron chi connectivity index (χ1n) is 5.47. The third-order valence-electron chi connectivity index (χ3n) is 2.86. The van der Waals surface area contributed by atoms with Gasteiger partial charge in [0.25, 0.3) is 0 Å². The molecule has 20 heavy (non-hydrogen) atoms. The van der Waals surface area contributed by atoms with Gasteiger partial charge in [-0.2, -0.15) is 23.4 Å². The lowest BCUT2D eigenvalue weighted by atomic mass is 9.83. The van der Waals surface area contributed by atoms with Crippen LogP contribution in [0.2, 0.25) is 0 Å². The second-order valence-electron chi connectivity index (χ2n) is 3.96. The van der Waals surface area contributed by atoms with Crippen molar-refractivity contribution in [3.63, 3.8) is 0 Å². The van der Waals surface area contributed by atoms with Crippen molar-refractivity contribution in [1.29, 1.82) is 0 Å². The number of methoxy groups -OCH3 is 1. The van der Waals surface area contributed by atoms with E-state index >= 15 is 0 Å². The van der Waals surface area contributed by atoms with Crippen LogP contribution in [0.15, 0.2) is 45.6 Å². The van der Waals surface area contributed by atoms with E-state index in [1.54, 1.807) is 0 Å². The molecule has 0 saturated heterocycles. The molecule has 0 spiro atoms. The fourth-order valence-corrected chi connectivity index (χ4v) is 2.10. The Morgan fingerprint density at radius 2 is 2.10 bits per heavy atom. The summed E-state index contributed by atoms with van der Waals surface area (Å²) in [6, 6.07) is 0. The number of alkyl halides is 3. The Kier molecular flexibility index (Phi) is 4.75. The average Bonchev–Trinajstić information content (AvgIpc) is 2.84. The van der Waals surface area contributed by atoms with Crippen molar-refractivity contribution in [2.24, 2.45) is 10.2 Å². The van der Waals surface area contributed by atoms with E-state index in [-0.39, 0.29) is 11.6 Å². The molecule has 0 N–H and O–H groups in total. The topological polar surface area (TPSA) is 51.0 Å². The van der Waals surface area contributed by atoms with Crippen molar-refractivity contribution < 1.29 is 22.7 Å². The lowest BCUT2D eigenvalue weighted by molar-refractivity contribution is -0.172. The lowest BCUT2D eigenvalue weighted by Crippen LogP contribution is -2.44. The summed E-state index contributed by atoms with van der Waals surface area (Å²) < 4.78 is 44.6. The van der Waals surface area contributed by atoms with E-state index in [4.69, 9.17) is 11.6 Å². The molecular weight excluding hydrogens is 297 g/mol. The van der Waals surface area contributed by atoms with Crippen molar-refractivity contribution in [2.75, 3.05) is 13.7 Å². The molecule has 0 aliphatic carbocycles. The molecular formula is C12H12ClF3N2O2. The molecule has 0 fully saturated rings. The van der Waals surface area contributed by atoms with Crippen molar-refractivity contribution >= 4 is 17.6 Å². The summed E-state index contributed by atoms with van der Waals surface area (Å²) in [5.74, 6) is -1.04. The smallest absolute Gasteiger partial charge is 0.419 e. The minimum absolute atomic E-state index is 0.111. The molecule has 110 valence electrons. The standard InChI is InChI=1S/C12H12ClF3N2O2/c1-4-8(9(7(2)13)10(19)20-3)11(12(14,15)16)5-6-17-18-11/h4H,1-2,5-6H2,3H3/b9-8-. The number of rotatable bonds is 4. The molecule has 0 radical (unpaired) electrons. The third-order valence-corrected chi connectivity index (χ3v) is 3.05. The van der Waals surface area contributed by atoms with Crippen LogP contribution < -0.4 is 0 Å². The van der Waals surface area contributed by atoms with Crippen LogP contribution in [0.5, 0.6) is 0 Å². The summed E-state index contributed by atoms with van der Waals surface area (Å²) in [4.78, 5) is 11.7. The first-order valence-corrected chi connectivity index (χ1v) is 5.84. The molecule has 1 heterocycles. The Labute approximate surface area is 118 Å². The van der Waals surface area contributed by atoms with Crippen molar-refractivity contribution in [3.05, 3.63) is 35.4 Å². The van der Waals surface area contributed by atoms with E-state index in [1.165, 1.54) is 0 Å². The van der Waals surface area contributed by atoms with Crippen LogP contribution in [0.3, 0.4) is 0 Å². The number of carbonyl (C=O) groups excluding carboxylic acids is 1. The van der Waals surface area contributed by atoms with Gasteiger partial charge < -0.3 is 4.74 Å². The zero-order valence-electron chi connectivity index (χ0n) is 10.6. The highest BCUT2D eigenvalue weighted by Gasteiger charge is 2.60. The van der Waals surface area contributed by atoms with E-state index in [9.17, 15) is 18.0 Å². The number of ether oxygens (including phenoxy) is 1. The van der Waals surface area contributed by atoms with Gasteiger partial charge in [-0.1, -0.05) is 30.8 Å². The quantitative estimate of drug-likeness (QED) is 0.453. The molecule has 1 rings (SSSR count).